The molecule has 1 aromatic rings. The molecule has 15 nitrogen and oxygen atoms in total. The summed E-state index contributed by atoms with van der Waals surface area (Å²) in [4.78, 5) is 48.8. The normalized spacial score (nSPS) is 8.57. The zero-order chi connectivity index (χ0) is 28.2. The van der Waals surface area contributed by atoms with Gasteiger partial charge in [-0.25, -0.2) is 0 Å². The molecule has 35 heavy (non-hydrogen) atoms. The molecule has 0 saturated heterocycles. The van der Waals surface area contributed by atoms with E-state index >= 15 is 0 Å². The highest BCUT2D eigenvalue weighted by Gasteiger charge is 2.03. The van der Waals surface area contributed by atoms with E-state index in [1.54, 1.807) is 18.2 Å². The lowest BCUT2D eigenvalue weighted by atomic mass is 10.1. The molecule has 0 aliphatic heterocycles. The maximum absolute atomic E-state index is 10.2. The van der Waals surface area contributed by atoms with Crippen molar-refractivity contribution in [2.45, 2.75) is 32.1 Å². The molecule has 0 radical (unpaired) electrons. The van der Waals surface area contributed by atoms with Crippen LogP contribution in [0.3, 0.4) is 0 Å². The zero-order valence-corrected chi connectivity index (χ0v) is 19.2. The van der Waals surface area contributed by atoms with Crippen molar-refractivity contribution in [2.24, 2.45) is 22.9 Å². The first-order chi connectivity index (χ1) is 16.3. The second-order valence-electron chi connectivity index (χ2n) is 5.93. The van der Waals surface area contributed by atoms with Gasteiger partial charge in [-0.15, -0.1) is 0 Å². The van der Waals surface area contributed by atoms with Gasteiger partial charge in [-0.3, -0.25) is 24.0 Å². The number of hydrogen-bond acceptors (Lipinski definition) is 10. The van der Waals surface area contributed by atoms with Crippen LogP contribution in [-0.2, 0) is 30.4 Å². The van der Waals surface area contributed by atoms with E-state index in [9.17, 15) is 24.0 Å². The molecule has 0 saturated carbocycles. The molecule has 0 amide bonds. The molecule has 0 aromatic heterocycles. The summed E-state index contributed by atoms with van der Waals surface area (Å²) < 4.78 is 0. The Labute approximate surface area is 201 Å². The van der Waals surface area contributed by atoms with Crippen molar-refractivity contribution in [3.8, 4) is 5.75 Å². The number of phenolic OH excluding ortho intramolecular Hbond substituents is 1. The topological polar surface area (TPSA) is 311 Å². The molecular formula is C20H36N4O11. The highest BCUT2D eigenvalue weighted by atomic mass is 16.4. The van der Waals surface area contributed by atoms with Crippen LogP contribution in [0.1, 0.15) is 31.2 Å². The Kier molecular flexibility index (Phi) is 31.0. The molecule has 0 spiro atoms. The molecule has 0 bridgehead atoms. The summed E-state index contributed by atoms with van der Waals surface area (Å²) in [6, 6.07) is 6.40. The van der Waals surface area contributed by atoms with Crippen molar-refractivity contribution in [1.82, 2.24) is 0 Å². The van der Waals surface area contributed by atoms with Crippen LogP contribution in [-0.4, -0.2) is 86.7 Å². The average molecular weight is 509 g/mol. The SMILES string of the molecule is NCCN.NCCN.O=C(O)CCC(=O)O.O=C(O)CCC(=O)O.O=C(O)Cc1ccccc1O. The number of para-hydroxylation sites is 1. The van der Waals surface area contributed by atoms with Gasteiger partial charge in [-0.1, -0.05) is 18.2 Å². The number of phenols is 1. The van der Waals surface area contributed by atoms with Crippen LogP contribution in [0.5, 0.6) is 5.75 Å². The number of carboxylic acid groups (broad SMARTS) is 5. The molecule has 0 aliphatic carbocycles. The third-order valence-electron chi connectivity index (χ3n) is 2.77. The zero-order valence-electron chi connectivity index (χ0n) is 19.2. The Morgan fingerprint density at radius 1 is 0.543 bits per heavy atom. The van der Waals surface area contributed by atoms with E-state index < -0.39 is 29.8 Å². The molecule has 202 valence electrons. The van der Waals surface area contributed by atoms with Crippen molar-refractivity contribution in [2.75, 3.05) is 26.2 Å². The van der Waals surface area contributed by atoms with E-state index in [1.807, 2.05) is 0 Å². The van der Waals surface area contributed by atoms with Crippen molar-refractivity contribution in [3.05, 3.63) is 29.8 Å². The van der Waals surface area contributed by atoms with E-state index in [2.05, 4.69) is 0 Å². The summed E-state index contributed by atoms with van der Waals surface area (Å²) >= 11 is 0. The molecular weight excluding hydrogens is 472 g/mol. The minimum Gasteiger partial charge on any atom is -0.508 e. The second kappa shape index (κ2) is 28.2. The number of benzene rings is 1. The third kappa shape index (κ3) is 44.6. The number of aromatic hydroxyl groups is 1. The van der Waals surface area contributed by atoms with Gasteiger partial charge < -0.3 is 53.6 Å². The standard InChI is InChI=1S/C8H8O3.2C4H6O4.2C2H8N2/c9-7-4-2-1-3-6(7)5-8(10)11;2*5-3(6)1-2-4(7)8;2*3-1-2-4/h1-4,9H,5H2,(H,10,11);2*1-2H2,(H,5,6)(H,7,8);2*1-4H2. The fourth-order valence-corrected chi connectivity index (χ4v) is 1.25. The predicted octanol–water partition coefficient (Wildman–Crippen LogP) is -1.30. The van der Waals surface area contributed by atoms with Gasteiger partial charge in [0.1, 0.15) is 5.75 Å². The first kappa shape index (κ1) is 38.5. The predicted molar refractivity (Wildman–Crippen MR) is 125 cm³/mol. The number of aliphatic carboxylic acids is 5. The summed E-state index contributed by atoms with van der Waals surface area (Å²) in [6.07, 6.45) is -1.32. The number of carbonyl (C=O) groups is 5. The average Bonchev–Trinajstić information content (AvgIpc) is 2.79. The van der Waals surface area contributed by atoms with Crippen molar-refractivity contribution < 1.29 is 54.6 Å². The van der Waals surface area contributed by atoms with Crippen molar-refractivity contribution in [3.63, 3.8) is 0 Å². The summed E-state index contributed by atoms with van der Waals surface area (Å²) in [5.74, 6) is -5.21. The number of rotatable bonds is 10. The Bertz CT molecular complexity index is 667. The molecule has 0 heterocycles. The molecule has 1 rings (SSSR count). The van der Waals surface area contributed by atoms with Crippen LogP contribution in [0.2, 0.25) is 0 Å². The Balaban J connectivity index is -0.000000181. The maximum Gasteiger partial charge on any atom is 0.307 e. The van der Waals surface area contributed by atoms with Gasteiger partial charge in [-0.05, 0) is 6.07 Å². The fourth-order valence-electron chi connectivity index (χ4n) is 1.25. The van der Waals surface area contributed by atoms with E-state index in [1.165, 1.54) is 6.07 Å². The monoisotopic (exact) mass is 508 g/mol. The Hall–Kier alpha value is -3.79. The quantitative estimate of drug-likeness (QED) is 0.175. The van der Waals surface area contributed by atoms with Crippen molar-refractivity contribution in [1.29, 1.82) is 0 Å². The van der Waals surface area contributed by atoms with E-state index in [0.29, 0.717) is 31.7 Å². The van der Waals surface area contributed by atoms with Crippen molar-refractivity contribution >= 4 is 29.8 Å². The van der Waals surface area contributed by atoms with Gasteiger partial charge in [-0.2, -0.15) is 0 Å². The first-order valence-corrected chi connectivity index (χ1v) is 9.94. The molecule has 0 aliphatic rings. The van der Waals surface area contributed by atoms with Gasteiger partial charge in [0.2, 0.25) is 0 Å². The minimum absolute atomic E-state index is 0.0369. The highest BCUT2D eigenvalue weighted by molar-refractivity contribution is 5.75. The summed E-state index contributed by atoms with van der Waals surface area (Å²) in [6.45, 7) is 2.39. The molecule has 14 N–H and O–H groups in total. The molecule has 0 unspecified atom stereocenters. The van der Waals surface area contributed by atoms with Crippen LogP contribution in [0, 0.1) is 0 Å². The van der Waals surface area contributed by atoms with Crippen LogP contribution in [0.15, 0.2) is 24.3 Å². The van der Waals surface area contributed by atoms with E-state index in [4.69, 9.17) is 53.6 Å². The lowest BCUT2D eigenvalue weighted by molar-refractivity contribution is -0.143. The third-order valence-corrected chi connectivity index (χ3v) is 2.77. The van der Waals surface area contributed by atoms with Crippen LogP contribution in [0.25, 0.3) is 0 Å². The number of hydrogen-bond donors (Lipinski definition) is 10. The molecule has 15 heteroatoms. The number of carboxylic acids is 5. The van der Waals surface area contributed by atoms with Gasteiger partial charge in [0, 0.05) is 31.7 Å². The van der Waals surface area contributed by atoms with Gasteiger partial charge in [0.15, 0.2) is 0 Å². The second-order valence-corrected chi connectivity index (χ2v) is 5.93. The largest absolute Gasteiger partial charge is 0.508 e. The lowest BCUT2D eigenvalue weighted by Gasteiger charge is -1.98. The fraction of sp³-hybridized carbons (Fsp3) is 0.450. The Morgan fingerprint density at radius 2 is 0.829 bits per heavy atom. The Morgan fingerprint density at radius 3 is 1.03 bits per heavy atom. The highest BCUT2D eigenvalue weighted by Crippen LogP contribution is 2.15. The first-order valence-electron chi connectivity index (χ1n) is 9.94. The van der Waals surface area contributed by atoms with Gasteiger partial charge in [0.05, 0.1) is 32.1 Å². The number of nitrogens with two attached hydrogens (primary N) is 4. The maximum atomic E-state index is 10.2. The van der Waals surface area contributed by atoms with E-state index in [0.717, 1.165) is 0 Å². The molecule has 1 aromatic carbocycles. The minimum atomic E-state index is -1.08. The van der Waals surface area contributed by atoms with Crippen LogP contribution in [0.4, 0.5) is 0 Å². The van der Waals surface area contributed by atoms with E-state index in [-0.39, 0.29) is 37.9 Å². The summed E-state index contributed by atoms with van der Waals surface area (Å²) in [7, 11) is 0. The molecule has 0 atom stereocenters. The van der Waals surface area contributed by atoms with Gasteiger partial charge >= 0.3 is 29.8 Å². The summed E-state index contributed by atoms with van der Waals surface area (Å²) in [5.41, 5.74) is 20.1. The van der Waals surface area contributed by atoms with Gasteiger partial charge in [0.25, 0.3) is 0 Å². The van der Waals surface area contributed by atoms with Crippen LogP contribution < -0.4 is 22.9 Å². The smallest absolute Gasteiger partial charge is 0.307 e. The van der Waals surface area contributed by atoms with Crippen LogP contribution >= 0.6 is 0 Å². The summed E-state index contributed by atoms with van der Waals surface area (Å²) in [5, 5.41) is 49.1. The lowest BCUT2D eigenvalue weighted by Crippen LogP contribution is -2.11. The molecule has 0 fully saturated rings.